The molecule has 1 aromatic heterocycles. The first-order valence-electron chi connectivity index (χ1n) is 7.14. The highest BCUT2D eigenvalue weighted by molar-refractivity contribution is 4.97. The maximum Gasteiger partial charge on any atom is 0.0839 e. The van der Waals surface area contributed by atoms with Gasteiger partial charge < -0.3 is 15.2 Å². The van der Waals surface area contributed by atoms with Gasteiger partial charge in [-0.1, -0.05) is 5.21 Å². The van der Waals surface area contributed by atoms with E-state index in [2.05, 4.69) is 10.3 Å². The van der Waals surface area contributed by atoms with Gasteiger partial charge in [-0.15, -0.1) is 5.10 Å². The predicted octanol–water partition coefficient (Wildman–Crippen LogP) is 0.680. The smallest absolute Gasteiger partial charge is 0.0839 e. The summed E-state index contributed by atoms with van der Waals surface area (Å²) in [5.41, 5.74) is 6.53. The molecule has 1 aromatic rings. The molecular formula is C13H22N4O2. The van der Waals surface area contributed by atoms with Gasteiger partial charge in [0, 0.05) is 32.4 Å². The molecule has 2 N–H and O–H groups in total. The summed E-state index contributed by atoms with van der Waals surface area (Å²) < 4.78 is 13.5. The van der Waals surface area contributed by atoms with Crippen LogP contribution in [0.3, 0.4) is 0 Å². The standard InChI is InChI=1S/C13H22N4O2/c14-5-1-11-10-17(16-15-11)12-2-6-19-13(9-12)3-7-18-8-4-13/h10,12H,1-9,14H2. The topological polar surface area (TPSA) is 75.2 Å². The second kappa shape index (κ2) is 5.56. The Morgan fingerprint density at radius 2 is 2.21 bits per heavy atom. The van der Waals surface area contributed by atoms with Gasteiger partial charge in [-0.25, -0.2) is 4.68 Å². The minimum Gasteiger partial charge on any atom is -0.381 e. The Bertz CT molecular complexity index is 409. The Labute approximate surface area is 113 Å². The Kier molecular flexibility index (Phi) is 3.81. The Hall–Kier alpha value is -0.980. The summed E-state index contributed by atoms with van der Waals surface area (Å²) in [5.74, 6) is 0. The molecule has 3 heterocycles. The van der Waals surface area contributed by atoms with E-state index in [4.69, 9.17) is 15.2 Å². The molecule has 0 amide bonds. The molecule has 2 saturated heterocycles. The van der Waals surface area contributed by atoms with Gasteiger partial charge in [-0.2, -0.15) is 0 Å². The van der Waals surface area contributed by atoms with E-state index in [1.165, 1.54) is 0 Å². The van der Waals surface area contributed by atoms with Crippen molar-refractivity contribution in [2.24, 2.45) is 5.73 Å². The van der Waals surface area contributed by atoms with Crippen LogP contribution in [-0.4, -0.2) is 47.0 Å². The lowest BCUT2D eigenvalue weighted by molar-refractivity contribution is -0.145. The first-order chi connectivity index (χ1) is 9.31. The van der Waals surface area contributed by atoms with Crippen LogP contribution in [0, 0.1) is 0 Å². The lowest BCUT2D eigenvalue weighted by Gasteiger charge is -2.43. The summed E-state index contributed by atoms with van der Waals surface area (Å²) in [5, 5.41) is 8.44. The van der Waals surface area contributed by atoms with Crippen molar-refractivity contribution >= 4 is 0 Å². The normalized spacial score (nSPS) is 26.7. The molecule has 1 unspecified atom stereocenters. The molecule has 1 atom stereocenters. The quantitative estimate of drug-likeness (QED) is 0.870. The third kappa shape index (κ3) is 2.80. The second-order valence-corrected chi connectivity index (χ2v) is 5.52. The zero-order valence-corrected chi connectivity index (χ0v) is 11.3. The lowest BCUT2D eigenvalue weighted by Crippen LogP contribution is -2.44. The third-order valence-electron chi connectivity index (χ3n) is 4.20. The number of nitrogens with two attached hydrogens (primary N) is 1. The Morgan fingerprint density at radius 1 is 1.37 bits per heavy atom. The van der Waals surface area contributed by atoms with Crippen molar-refractivity contribution < 1.29 is 9.47 Å². The monoisotopic (exact) mass is 266 g/mol. The van der Waals surface area contributed by atoms with E-state index in [9.17, 15) is 0 Å². The van der Waals surface area contributed by atoms with E-state index < -0.39 is 0 Å². The maximum absolute atomic E-state index is 6.05. The van der Waals surface area contributed by atoms with E-state index in [0.717, 1.165) is 57.6 Å². The van der Waals surface area contributed by atoms with E-state index >= 15 is 0 Å². The number of nitrogens with zero attached hydrogens (tertiary/aromatic N) is 3. The highest BCUT2D eigenvalue weighted by atomic mass is 16.5. The highest BCUT2D eigenvalue weighted by Crippen LogP contribution is 2.38. The predicted molar refractivity (Wildman–Crippen MR) is 69.8 cm³/mol. The number of rotatable bonds is 3. The SMILES string of the molecule is NCCc1cn(C2CCOC3(CCOCC3)C2)nn1. The minimum atomic E-state index is 0.00114. The lowest BCUT2D eigenvalue weighted by atomic mass is 9.84. The zero-order valence-electron chi connectivity index (χ0n) is 11.3. The number of aromatic nitrogens is 3. The third-order valence-corrected chi connectivity index (χ3v) is 4.20. The van der Waals surface area contributed by atoms with Gasteiger partial charge in [0.2, 0.25) is 0 Å². The molecule has 2 fully saturated rings. The van der Waals surface area contributed by atoms with Crippen LogP contribution in [0.1, 0.15) is 37.4 Å². The largest absolute Gasteiger partial charge is 0.381 e. The van der Waals surface area contributed by atoms with Gasteiger partial charge in [-0.05, 0) is 32.2 Å². The van der Waals surface area contributed by atoms with Gasteiger partial charge >= 0.3 is 0 Å². The molecule has 0 saturated carbocycles. The van der Waals surface area contributed by atoms with Crippen molar-refractivity contribution in [3.05, 3.63) is 11.9 Å². The van der Waals surface area contributed by atoms with E-state index in [1.807, 2.05) is 10.9 Å². The summed E-state index contributed by atoms with van der Waals surface area (Å²) in [4.78, 5) is 0. The number of hydrogen-bond donors (Lipinski definition) is 1. The van der Waals surface area contributed by atoms with Crippen LogP contribution < -0.4 is 5.73 Å². The van der Waals surface area contributed by atoms with Crippen molar-refractivity contribution in [3.8, 4) is 0 Å². The van der Waals surface area contributed by atoms with Gasteiger partial charge in [0.05, 0.1) is 17.3 Å². The van der Waals surface area contributed by atoms with Crippen LogP contribution in [0.5, 0.6) is 0 Å². The number of ether oxygens (including phenoxy) is 2. The van der Waals surface area contributed by atoms with Gasteiger partial charge in [0.1, 0.15) is 0 Å². The van der Waals surface area contributed by atoms with Crippen molar-refractivity contribution in [1.82, 2.24) is 15.0 Å². The molecule has 106 valence electrons. The van der Waals surface area contributed by atoms with Crippen molar-refractivity contribution in [2.45, 2.75) is 43.7 Å². The van der Waals surface area contributed by atoms with Crippen LogP contribution >= 0.6 is 0 Å². The summed E-state index contributed by atoms with van der Waals surface area (Å²) in [6.45, 7) is 3.04. The summed E-state index contributed by atoms with van der Waals surface area (Å²) in [6.07, 6.45) is 6.84. The first-order valence-corrected chi connectivity index (χ1v) is 7.14. The summed E-state index contributed by atoms with van der Waals surface area (Å²) in [6, 6.07) is 0.394. The molecule has 6 nitrogen and oxygen atoms in total. The van der Waals surface area contributed by atoms with Crippen LogP contribution in [0.2, 0.25) is 0 Å². The fourth-order valence-corrected chi connectivity index (χ4v) is 3.07. The second-order valence-electron chi connectivity index (χ2n) is 5.52. The summed E-state index contributed by atoms with van der Waals surface area (Å²) >= 11 is 0. The molecule has 0 aliphatic carbocycles. The van der Waals surface area contributed by atoms with Crippen LogP contribution in [0.25, 0.3) is 0 Å². The fraction of sp³-hybridized carbons (Fsp3) is 0.846. The molecule has 0 bridgehead atoms. The molecule has 3 rings (SSSR count). The van der Waals surface area contributed by atoms with Crippen LogP contribution in [0.15, 0.2) is 6.20 Å². The maximum atomic E-state index is 6.05. The molecule has 0 radical (unpaired) electrons. The van der Waals surface area contributed by atoms with Gasteiger partial charge in [0.15, 0.2) is 0 Å². The van der Waals surface area contributed by atoms with Crippen molar-refractivity contribution in [3.63, 3.8) is 0 Å². The Balaban J connectivity index is 1.69. The molecule has 0 aromatic carbocycles. The van der Waals surface area contributed by atoms with Gasteiger partial charge in [0.25, 0.3) is 0 Å². The fourth-order valence-electron chi connectivity index (χ4n) is 3.07. The molecule has 2 aliphatic rings. The average Bonchev–Trinajstić information content (AvgIpc) is 2.89. The molecule has 1 spiro atoms. The van der Waals surface area contributed by atoms with Gasteiger partial charge in [-0.3, -0.25) is 0 Å². The molecular weight excluding hydrogens is 244 g/mol. The van der Waals surface area contributed by atoms with E-state index in [-0.39, 0.29) is 5.60 Å². The highest BCUT2D eigenvalue weighted by Gasteiger charge is 2.39. The number of hydrogen-bond acceptors (Lipinski definition) is 5. The summed E-state index contributed by atoms with van der Waals surface area (Å²) in [7, 11) is 0. The Morgan fingerprint density at radius 3 is 3.00 bits per heavy atom. The van der Waals surface area contributed by atoms with E-state index in [0.29, 0.717) is 12.6 Å². The average molecular weight is 266 g/mol. The molecule has 19 heavy (non-hydrogen) atoms. The van der Waals surface area contributed by atoms with Crippen molar-refractivity contribution in [2.75, 3.05) is 26.4 Å². The molecule has 6 heteroatoms. The molecule has 2 aliphatic heterocycles. The zero-order chi connectivity index (χ0) is 13.1. The van der Waals surface area contributed by atoms with Crippen LogP contribution in [0.4, 0.5) is 0 Å². The van der Waals surface area contributed by atoms with Crippen molar-refractivity contribution in [1.29, 1.82) is 0 Å². The van der Waals surface area contributed by atoms with E-state index in [1.54, 1.807) is 0 Å². The van der Waals surface area contributed by atoms with Crippen LogP contribution in [-0.2, 0) is 15.9 Å². The first kappa shape index (κ1) is 13.0. The minimum absolute atomic E-state index is 0.00114.